The Morgan fingerprint density at radius 2 is 1.81 bits per heavy atom. The van der Waals surface area contributed by atoms with Crippen molar-refractivity contribution in [3.05, 3.63) is 35.1 Å². The molecule has 0 spiro atoms. The molecule has 1 unspecified atom stereocenters. The minimum absolute atomic E-state index is 0.0130. The molecule has 1 fully saturated rings. The van der Waals surface area contributed by atoms with Crippen LogP contribution in [0.2, 0.25) is 0 Å². The van der Waals surface area contributed by atoms with E-state index in [4.69, 9.17) is 5.73 Å². The summed E-state index contributed by atoms with van der Waals surface area (Å²) in [6, 6.07) is 0.654. The monoisotopic (exact) mass is 301 g/mol. The summed E-state index contributed by atoms with van der Waals surface area (Å²) in [6.07, 6.45) is 0.0410. The molecule has 1 aromatic carbocycles. The minimum atomic E-state index is -1.23. The number of nitrogens with zero attached hydrogens (tertiary/aromatic N) is 1. The Morgan fingerprint density at radius 1 is 1.19 bits per heavy atom. The Bertz CT molecular complexity index is 518. The molecule has 0 aliphatic carbocycles. The molecule has 2 rings (SSSR count). The van der Waals surface area contributed by atoms with E-state index < -0.39 is 23.5 Å². The van der Waals surface area contributed by atoms with Crippen LogP contribution in [0.25, 0.3) is 0 Å². The number of hydrogen-bond acceptors (Lipinski definition) is 3. The fraction of sp³-hybridized carbons (Fsp3) is 0.500. The van der Waals surface area contributed by atoms with Crippen molar-refractivity contribution in [1.29, 1.82) is 0 Å². The van der Waals surface area contributed by atoms with E-state index in [-0.39, 0.29) is 24.3 Å². The average molecular weight is 301 g/mol. The maximum atomic E-state index is 13.5. The second kappa shape index (κ2) is 6.91. The van der Waals surface area contributed by atoms with E-state index in [1.165, 1.54) is 0 Å². The first-order valence-corrected chi connectivity index (χ1v) is 6.85. The van der Waals surface area contributed by atoms with Gasteiger partial charge in [-0.2, -0.15) is 0 Å². The molecule has 0 saturated carbocycles. The molecule has 21 heavy (non-hydrogen) atoms. The van der Waals surface area contributed by atoms with Gasteiger partial charge in [-0.1, -0.05) is 0 Å². The third kappa shape index (κ3) is 4.18. The Labute approximate surface area is 121 Å². The first-order chi connectivity index (χ1) is 9.97. The van der Waals surface area contributed by atoms with Gasteiger partial charge in [0.15, 0.2) is 11.6 Å². The highest BCUT2D eigenvalue weighted by atomic mass is 19.2. The van der Waals surface area contributed by atoms with Gasteiger partial charge in [-0.15, -0.1) is 0 Å². The molecule has 1 amide bonds. The Balaban J connectivity index is 1.93. The van der Waals surface area contributed by atoms with Gasteiger partial charge in [0.2, 0.25) is 5.91 Å². The topological polar surface area (TPSA) is 58.4 Å². The van der Waals surface area contributed by atoms with Crippen LogP contribution in [-0.4, -0.2) is 43.0 Å². The van der Waals surface area contributed by atoms with Crippen molar-refractivity contribution >= 4 is 5.91 Å². The van der Waals surface area contributed by atoms with Crippen molar-refractivity contribution in [2.45, 2.75) is 18.9 Å². The molecule has 1 heterocycles. The molecule has 0 aromatic heterocycles. The van der Waals surface area contributed by atoms with Crippen molar-refractivity contribution in [2.24, 2.45) is 5.73 Å². The van der Waals surface area contributed by atoms with Crippen LogP contribution in [0.1, 0.15) is 12.0 Å². The predicted octanol–water partition coefficient (Wildman–Crippen LogP) is 0.796. The lowest BCUT2D eigenvalue weighted by Crippen LogP contribution is -2.47. The van der Waals surface area contributed by atoms with Crippen LogP contribution in [0.4, 0.5) is 13.2 Å². The van der Waals surface area contributed by atoms with Gasteiger partial charge in [0, 0.05) is 44.7 Å². The van der Waals surface area contributed by atoms with E-state index in [1.54, 1.807) is 4.90 Å². The van der Waals surface area contributed by atoms with E-state index >= 15 is 0 Å². The van der Waals surface area contributed by atoms with Crippen LogP contribution in [0.15, 0.2) is 12.1 Å². The van der Waals surface area contributed by atoms with Gasteiger partial charge in [0.05, 0.1) is 0 Å². The normalized spacial score (nSPS) is 16.9. The lowest BCUT2D eigenvalue weighted by Gasteiger charge is -2.28. The molecule has 7 heteroatoms. The fourth-order valence-electron chi connectivity index (χ4n) is 2.34. The first kappa shape index (κ1) is 15.8. The van der Waals surface area contributed by atoms with Gasteiger partial charge >= 0.3 is 0 Å². The van der Waals surface area contributed by atoms with Gasteiger partial charge < -0.3 is 16.0 Å². The molecule has 1 aliphatic heterocycles. The summed E-state index contributed by atoms with van der Waals surface area (Å²) in [5.74, 6) is -3.31. The average Bonchev–Trinajstić information content (AvgIpc) is 2.45. The molecule has 116 valence electrons. The Kier molecular flexibility index (Phi) is 5.19. The molecular formula is C14H18F3N3O. The standard InChI is InChI=1S/C14H18F3N3O/c15-11-8-13(17)12(16)6-9(11)5-10(18)7-14(21)20-3-1-19-2-4-20/h6,8,10,19H,1-5,7,18H2. The number of nitrogens with one attached hydrogen (secondary N) is 1. The second-order valence-electron chi connectivity index (χ2n) is 5.16. The van der Waals surface area contributed by atoms with Gasteiger partial charge in [-0.25, -0.2) is 13.2 Å². The number of halogens is 3. The zero-order valence-corrected chi connectivity index (χ0v) is 11.5. The lowest BCUT2D eigenvalue weighted by molar-refractivity contribution is -0.132. The van der Waals surface area contributed by atoms with Crippen LogP contribution in [0.3, 0.4) is 0 Å². The molecule has 3 N–H and O–H groups in total. The third-order valence-electron chi connectivity index (χ3n) is 3.48. The highest BCUT2D eigenvalue weighted by Gasteiger charge is 2.20. The van der Waals surface area contributed by atoms with Gasteiger partial charge in [-0.3, -0.25) is 4.79 Å². The Hall–Kier alpha value is -1.60. The number of nitrogens with two attached hydrogens (primary N) is 1. The number of piperazine rings is 1. The van der Waals surface area contributed by atoms with E-state index in [1.807, 2.05) is 0 Å². The van der Waals surface area contributed by atoms with E-state index in [9.17, 15) is 18.0 Å². The summed E-state index contributed by atoms with van der Waals surface area (Å²) in [7, 11) is 0. The summed E-state index contributed by atoms with van der Waals surface area (Å²) in [4.78, 5) is 13.7. The lowest BCUT2D eigenvalue weighted by atomic mass is 10.0. The van der Waals surface area contributed by atoms with Gasteiger partial charge in [0.1, 0.15) is 5.82 Å². The quantitative estimate of drug-likeness (QED) is 0.809. The summed E-state index contributed by atoms with van der Waals surface area (Å²) in [5, 5.41) is 3.13. The molecule has 4 nitrogen and oxygen atoms in total. The molecule has 1 aliphatic rings. The number of carbonyl (C=O) groups is 1. The maximum Gasteiger partial charge on any atom is 0.224 e. The third-order valence-corrected chi connectivity index (χ3v) is 3.48. The largest absolute Gasteiger partial charge is 0.340 e. The van der Waals surface area contributed by atoms with Gasteiger partial charge in [0.25, 0.3) is 0 Å². The molecule has 1 saturated heterocycles. The molecule has 0 bridgehead atoms. The molecule has 0 radical (unpaired) electrons. The summed E-state index contributed by atoms with van der Waals surface area (Å²) >= 11 is 0. The summed E-state index contributed by atoms with van der Waals surface area (Å²) < 4.78 is 39.5. The smallest absolute Gasteiger partial charge is 0.224 e. The minimum Gasteiger partial charge on any atom is -0.340 e. The van der Waals surface area contributed by atoms with Gasteiger partial charge in [-0.05, 0) is 18.1 Å². The SMILES string of the molecule is NC(CC(=O)N1CCNCC1)Cc1cc(F)c(F)cc1F. The summed E-state index contributed by atoms with van der Waals surface area (Å²) in [6.45, 7) is 2.70. The van der Waals surface area contributed by atoms with Crippen LogP contribution >= 0.6 is 0 Å². The first-order valence-electron chi connectivity index (χ1n) is 6.85. The molecule has 1 aromatic rings. The highest BCUT2D eigenvalue weighted by molar-refractivity contribution is 5.77. The summed E-state index contributed by atoms with van der Waals surface area (Å²) in [5.41, 5.74) is 5.81. The zero-order chi connectivity index (χ0) is 15.4. The maximum absolute atomic E-state index is 13.5. The fourth-order valence-corrected chi connectivity index (χ4v) is 2.34. The Morgan fingerprint density at radius 3 is 2.48 bits per heavy atom. The second-order valence-corrected chi connectivity index (χ2v) is 5.16. The van der Waals surface area contributed by atoms with Crippen LogP contribution in [0, 0.1) is 17.5 Å². The zero-order valence-electron chi connectivity index (χ0n) is 11.5. The van der Waals surface area contributed by atoms with Crippen LogP contribution < -0.4 is 11.1 Å². The molecular weight excluding hydrogens is 283 g/mol. The van der Waals surface area contributed by atoms with E-state index in [2.05, 4.69) is 5.32 Å². The van der Waals surface area contributed by atoms with Crippen molar-refractivity contribution in [2.75, 3.05) is 26.2 Å². The predicted molar refractivity (Wildman–Crippen MR) is 72.1 cm³/mol. The number of benzene rings is 1. The van der Waals surface area contributed by atoms with E-state index in [0.717, 1.165) is 19.2 Å². The van der Waals surface area contributed by atoms with Crippen LogP contribution in [0.5, 0.6) is 0 Å². The van der Waals surface area contributed by atoms with Crippen LogP contribution in [-0.2, 0) is 11.2 Å². The van der Waals surface area contributed by atoms with Crippen molar-refractivity contribution < 1.29 is 18.0 Å². The van der Waals surface area contributed by atoms with Crippen molar-refractivity contribution in [3.8, 4) is 0 Å². The van der Waals surface area contributed by atoms with Crippen molar-refractivity contribution in [3.63, 3.8) is 0 Å². The number of amides is 1. The molecule has 1 atom stereocenters. The number of carbonyl (C=O) groups excluding carboxylic acids is 1. The van der Waals surface area contributed by atoms with Crippen molar-refractivity contribution in [1.82, 2.24) is 10.2 Å². The number of rotatable bonds is 4. The van der Waals surface area contributed by atoms with E-state index in [0.29, 0.717) is 19.2 Å². The highest BCUT2D eigenvalue weighted by Crippen LogP contribution is 2.16. The number of hydrogen-bond donors (Lipinski definition) is 2.